The molecule has 1 saturated carbocycles. The Morgan fingerprint density at radius 1 is 1.12 bits per heavy atom. The quantitative estimate of drug-likeness (QED) is 0.221. The SMILES string of the molecule is CCCCC1=NC2(CCCC2)C(=O)N1Cc1ccc(-c2ccccc2S(=O)(=O)Nc2noc(C)c2C)cc1COCCF. The summed E-state index contributed by atoms with van der Waals surface area (Å²) in [4.78, 5) is 20.6. The first-order chi connectivity index (χ1) is 20.7. The number of unbranched alkanes of at least 4 members (excludes halogenated alkanes) is 1. The molecule has 0 bridgehead atoms. The number of halogens is 1. The van der Waals surface area contributed by atoms with E-state index in [0.717, 1.165) is 61.9 Å². The van der Waals surface area contributed by atoms with Crippen molar-refractivity contribution in [3.63, 3.8) is 0 Å². The Morgan fingerprint density at radius 2 is 1.88 bits per heavy atom. The second-order valence-electron chi connectivity index (χ2n) is 11.3. The van der Waals surface area contributed by atoms with Gasteiger partial charge in [0.2, 0.25) is 0 Å². The van der Waals surface area contributed by atoms with Crippen molar-refractivity contribution in [2.24, 2.45) is 4.99 Å². The van der Waals surface area contributed by atoms with E-state index in [2.05, 4.69) is 16.8 Å². The molecule has 1 spiro atoms. The van der Waals surface area contributed by atoms with Gasteiger partial charge in [-0.2, -0.15) is 0 Å². The van der Waals surface area contributed by atoms with Gasteiger partial charge in [-0.1, -0.05) is 61.7 Å². The van der Waals surface area contributed by atoms with Crippen molar-refractivity contribution >= 4 is 27.6 Å². The summed E-state index contributed by atoms with van der Waals surface area (Å²) in [5.41, 5.74) is 2.70. The summed E-state index contributed by atoms with van der Waals surface area (Å²) in [6, 6.07) is 12.3. The number of carbonyl (C=O) groups excluding carboxylic acids is 1. The molecule has 1 aliphatic carbocycles. The van der Waals surface area contributed by atoms with Crippen molar-refractivity contribution in [1.29, 1.82) is 0 Å². The number of sulfonamides is 1. The van der Waals surface area contributed by atoms with Crippen LogP contribution in [0.1, 0.15) is 74.3 Å². The molecular formula is C32H39FN4O5S. The van der Waals surface area contributed by atoms with Crippen LogP contribution in [-0.4, -0.2) is 49.0 Å². The summed E-state index contributed by atoms with van der Waals surface area (Å²) in [6.07, 6.45) is 6.21. The molecule has 9 nitrogen and oxygen atoms in total. The summed E-state index contributed by atoms with van der Waals surface area (Å²) >= 11 is 0. The molecule has 1 amide bonds. The molecule has 2 heterocycles. The summed E-state index contributed by atoms with van der Waals surface area (Å²) in [7, 11) is -4.02. The second kappa shape index (κ2) is 13.0. The zero-order chi connectivity index (χ0) is 30.6. The third kappa shape index (κ3) is 6.38. The van der Waals surface area contributed by atoms with E-state index in [1.807, 2.05) is 23.1 Å². The average Bonchev–Trinajstić information content (AvgIpc) is 3.68. The number of hydrogen-bond donors (Lipinski definition) is 1. The van der Waals surface area contributed by atoms with Crippen LogP contribution < -0.4 is 4.72 Å². The topological polar surface area (TPSA) is 114 Å². The predicted octanol–water partition coefficient (Wildman–Crippen LogP) is 6.49. The molecule has 0 radical (unpaired) electrons. The number of amidine groups is 1. The number of alkyl halides is 1. The molecular weight excluding hydrogens is 571 g/mol. The number of hydrogen-bond acceptors (Lipinski definition) is 7. The Balaban J connectivity index is 1.49. The first kappa shape index (κ1) is 30.9. The normalized spacial score (nSPS) is 16.3. The first-order valence-corrected chi connectivity index (χ1v) is 16.4. The van der Waals surface area contributed by atoms with E-state index in [0.29, 0.717) is 29.0 Å². The van der Waals surface area contributed by atoms with Crippen LogP contribution in [0, 0.1) is 13.8 Å². The van der Waals surface area contributed by atoms with Crippen LogP contribution in [0.4, 0.5) is 10.2 Å². The lowest BCUT2D eigenvalue weighted by Crippen LogP contribution is -2.40. The van der Waals surface area contributed by atoms with Gasteiger partial charge in [0.05, 0.1) is 24.7 Å². The number of aryl methyl sites for hydroxylation is 1. The minimum absolute atomic E-state index is 0.0525. The Hall–Kier alpha value is -3.57. The highest BCUT2D eigenvalue weighted by Crippen LogP contribution is 2.40. The van der Waals surface area contributed by atoms with Gasteiger partial charge in [0, 0.05) is 17.5 Å². The fraction of sp³-hybridized carbons (Fsp3) is 0.469. The third-order valence-electron chi connectivity index (χ3n) is 8.37. The largest absolute Gasteiger partial charge is 0.374 e. The van der Waals surface area contributed by atoms with Gasteiger partial charge >= 0.3 is 0 Å². The monoisotopic (exact) mass is 610 g/mol. The lowest BCUT2D eigenvalue weighted by molar-refractivity contribution is -0.131. The van der Waals surface area contributed by atoms with E-state index in [9.17, 15) is 17.6 Å². The van der Waals surface area contributed by atoms with Gasteiger partial charge in [-0.15, -0.1) is 0 Å². The predicted molar refractivity (Wildman–Crippen MR) is 163 cm³/mol. The molecule has 3 aromatic rings. The maximum absolute atomic E-state index is 13.7. The van der Waals surface area contributed by atoms with Crippen molar-refractivity contribution in [2.45, 2.75) is 89.3 Å². The average molecular weight is 611 g/mol. The van der Waals surface area contributed by atoms with E-state index in [-0.39, 0.29) is 29.8 Å². The van der Waals surface area contributed by atoms with Crippen molar-refractivity contribution in [2.75, 3.05) is 18.0 Å². The zero-order valence-electron chi connectivity index (χ0n) is 25.0. The van der Waals surface area contributed by atoms with Crippen LogP contribution in [-0.2, 0) is 32.7 Å². The molecule has 0 atom stereocenters. The Labute approximate surface area is 252 Å². The highest BCUT2D eigenvalue weighted by molar-refractivity contribution is 7.92. The number of nitrogens with zero attached hydrogens (tertiary/aromatic N) is 3. The van der Waals surface area contributed by atoms with E-state index in [1.165, 1.54) is 6.07 Å². The molecule has 43 heavy (non-hydrogen) atoms. The van der Waals surface area contributed by atoms with Crippen LogP contribution in [0.3, 0.4) is 0 Å². The third-order valence-corrected chi connectivity index (χ3v) is 9.77. The van der Waals surface area contributed by atoms with Crippen LogP contribution in [0.25, 0.3) is 11.1 Å². The van der Waals surface area contributed by atoms with Crippen molar-refractivity contribution in [3.05, 3.63) is 64.9 Å². The Kier molecular flexibility index (Phi) is 9.31. The maximum atomic E-state index is 13.7. The molecule has 1 aliphatic heterocycles. The molecule has 0 saturated heterocycles. The van der Waals surface area contributed by atoms with E-state index in [4.69, 9.17) is 14.3 Å². The molecule has 1 fully saturated rings. The van der Waals surface area contributed by atoms with Crippen molar-refractivity contribution < 1.29 is 26.9 Å². The highest BCUT2D eigenvalue weighted by Gasteiger charge is 2.49. The van der Waals surface area contributed by atoms with E-state index in [1.54, 1.807) is 32.0 Å². The van der Waals surface area contributed by atoms with Gasteiger partial charge in [0.15, 0.2) is 5.82 Å². The number of carbonyl (C=O) groups is 1. The minimum atomic E-state index is -4.02. The summed E-state index contributed by atoms with van der Waals surface area (Å²) in [6.45, 7) is 5.32. The zero-order valence-corrected chi connectivity index (χ0v) is 25.8. The lowest BCUT2D eigenvalue weighted by Gasteiger charge is -2.24. The van der Waals surface area contributed by atoms with E-state index >= 15 is 0 Å². The Bertz CT molecular complexity index is 1610. The molecule has 1 aromatic heterocycles. The van der Waals surface area contributed by atoms with Gasteiger partial charge in [-0.05, 0) is 61.9 Å². The van der Waals surface area contributed by atoms with Crippen LogP contribution in [0.5, 0.6) is 0 Å². The van der Waals surface area contributed by atoms with E-state index < -0.39 is 22.2 Å². The van der Waals surface area contributed by atoms with Gasteiger partial charge < -0.3 is 9.26 Å². The number of benzene rings is 2. The summed E-state index contributed by atoms with van der Waals surface area (Å²) in [5.74, 6) is 1.54. The number of ether oxygens (including phenoxy) is 1. The number of aromatic nitrogens is 1. The minimum Gasteiger partial charge on any atom is -0.374 e. The molecule has 11 heteroatoms. The number of rotatable bonds is 13. The Morgan fingerprint density at radius 3 is 2.58 bits per heavy atom. The number of amides is 1. The first-order valence-electron chi connectivity index (χ1n) is 14.9. The van der Waals surface area contributed by atoms with Gasteiger partial charge in [0.25, 0.3) is 15.9 Å². The highest BCUT2D eigenvalue weighted by atomic mass is 32.2. The lowest BCUT2D eigenvalue weighted by atomic mass is 9.96. The van der Waals surface area contributed by atoms with Gasteiger partial charge in [-0.25, -0.2) is 12.8 Å². The van der Waals surface area contributed by atoms with Gasteiger partial charge in [-0.3, -0.25) is 19.4 Å². The summed E-state index contributed by atoms with van der Waals surface area (Å²) in [5, 5.41) is 3.85. The standard InChI is InChI=1S/C32H39FN4O5S/c1-4-5-12-29-34-32(15-8-9-16-32)31(38)37(29)20-25-14-13-24(19-26(25)21-41-18-17-33)27-10-6-7-11-28(27)43(39,40)36-30-22(2)23(3)42-35-30/h6-7,10-11,13-14,19H,4-5,8-9,12,15-18,20-21H2,1-3H3,(H,35,36). The van der Waals surface area contributed by atoms with Crippen LogP contribution in [0.15, 0.2) is 56.9 Å². The van der Waals surface area contributed by atoms with Crippen LogP contribution in [0.2, 0.25) is 0 Å². The fourth-order valence-electron chi connectivity index (χ4n) is 5.82. The number of anilines is 1. The molecule has 230 valence electrons. The van der Waals surface area contributed by atoms with Crippen molar-refractivity contribution in [3.8, 4) is 11.1 Å². The van der Waals surface area contributed by atoms with Crippen molar-refractivity contribution in [1.82, 2.24) is 10.1 Å². The van der Waals surface area contributed by atoms with Crippen LogP contribution >= 0.6 is 0 Å². The second-order valence-corrected chi connectivity index (χ2v) is 13.0. The summed E-state index contributed by atoms with van der Waals surface area (Å²) < 4.78 is 53.3. The number of aliphatic imine (C=N–C) groups is 1. The smallest absolute Gasteiger partial charge is 0.263 e. The molecule has 5 rings (SSSR count). The molecule has 1 N–H and O–H groups in total. The number of nitrogens with one attached hydrogen (secondary N) is 1. The molecule has 2 aliphatic rings. The molecule has 2 aromatic carbocycles. The molecule has 0 unspecified atom stereocenters. The fourth-order valence-corrected chi connectivity index (χ4v) is 7.11. The maximum Gasteiger partial charge on any atom is 0.263 e. The van der Waals surface area contributed by atoms with Gasteiger partial charge in [0.1, 0.15) is 23.8 Å².